The van der Waals surface area contributed by atoms with Gasteiger partial charge in [-0.2, -0.15) is 13.2 Å². The molecule has 0 spiro atoms. The van der Waals surface area contributed by atoms with Gasteiger partial charge in [0, 0.05) is 12.6 Å². The molecule has 0 radical (unpaired) electrons. The lowest BCUT2D eigenvalue weighted by Crippen LogP contribution is -2.42. The van der Waals surface area contributed by atoms with Crippen LogP contribution in [0.3, 0.4) is 0 Å². The Morgan fingerprint density at radius 1 is 1.36 bits per heavy atom. The van der Waals surface area contributed by atoms with Gasteiger partial charge in [0.2, 0.25) is 0 Å². The van der Waals surface area contributed by atoms with Crippen LogP contribution in [0, 0.1) is 0 Å². The largest absolute Gasteiger partial charge is 0.390 e. The van der Waals surface area contributed by atoms with Crippen molar-refractivity contribution in [2.24, 2.45) is 0 Å². The summed E-state index contributed by atoms with van der Waals surface area (Å²) in [6.45, 7) is 5.02. The van der Waals surface area contributed by atoms with Gasteiger partial charge in [0.15, 0.2) is 0 Å². The van der Waals surface area contributed by atoms with Crippen LogP contribution in [0.1, 0.15) is 33.6 Å². The topological polar surface area (TPSA) is 32.3 Å². The molecule has 86 valence electrons. The summed E-state index contributed by atoms with van der Waals surface area (Å²) in [5.74, 6) is 0. The maximum atomic E-state index is 11.9. The van der Waals surface area contributed by atoms with Crippen molar-refractivity contribution >= 4 is 0 Å². The van der Waals surface area contributed by atoms with Gasteiger partial charge in [-0.15, -0.1) is 0 Å². The second-order valence-corrected chi connectivity index (χ2v) is 3.95. The molecule has 0 aliphatic heterocycles. The number of hydrogen-bond acceptors (Lipinski definition) is 2. The van der Waals surface area contributed by atoms with Crippen molar-refractivity contribution in [1.29, 1.82) is 0 Å². The number of hydrogen-bond donors (Lipinski definition) is 2. The summed E-state index contributed by atoms with van der Waals surface area (Å²) in [6.07, 6.45) is -4.50. The zero-order chi connectivity index (χ0) is 11.4. The molecule has 0 aliphatic carbocycles. The Bertz CT molecular complexity index is 168. The molecule has 0 saturated carbocycles. The Labute approximate surface area is 82.5 Å². The molecule has 2 atom stereocenters. The monoisotopic (exact) mass is 213 g/mol. The molecule has 0 fully saturated rings. The molecule has 2 nitrogen and oxygen atoms in total. The fraction of sp³-hybridized carbons (Fsp3) is 1.00. The zero-order valence-corrected chi connectivity index (χ0v) is 8.78. The van der Waals surface area contributed by atoms with Crippen LogP contribution in [0.5, 0.6) is 0 Å². The maximum absolute atomic E-state index is 11.9. The molecule has 0 amide bonds. The van der Waals surface area contributed by atoms with Crippen LogP contribution in [-0.4, -0.2) is 29.5 Å². The molecule has 0 rings (SSSR count). The Morgan fingerprint density at radius 2 is 1.86 bits per heavy atom. The molecule has 0 aliphatic rings. The van der Waals surface area contributed by atoms with Crippen LogP contribution in [0.4, 0.5) is 13.2 Å². The van der Waals surface area contributed by atoms with Crippen LogP contribution in [0.25, 0.3) is 0 Å². The zero-order valence-electron chi connectivity index (χ0n) is 8.78. The Kier molecular flexibility index (Phi) is 4.88. The first kappa shape index (κ1) is 13.7. The molecule has 14 heavy (non-hydrogen) atoms. The third-order valence-electron chi connectivity index (χ3n) is 2.13. The van der Waals surface area contributed by atoms with Crippen LogP contribution in [0.2, 0.25) is 0 Å². The SMILES string of the molecule is CCC(C)(O)CNC(C)CC(F)(F)F. The number of alkyl halides is 3. The number of nitrogens with one attached hydrogen (secondary N) is 1. The highest BCUT2D eigenvalue weighted by Crippen LogP contribution is 2.21. The molecule has 0 saturated heterocycles. The number of halogens is 3. The third kappa shape index (κ3) is 7.15. The van der Waals surface area contributed by atoms with E-state index in [0.717, 1.165) is 0 Å². The van der Waals surface area contributed by atoms with Gasteiger partial charge in [0.1, 0.15) is 0 Å². The van der Waals surface area contributed by atoms with Gasteiger partial charge < -0.3 is 10.4 Å². The second-order valence-electron chi connectivity index (χ2n) is 3.95. The van der Waals surface area contributed by atoms with E-state index in [1.54, 1.807) is 13.8 Å². The normalized spacial score (nSPS) is 19.1. The molecule has 2 unspecified atom stereocenters. The Balaban J connectivity index is 3.80. The van der Waals surface area contributed by atoms with E-state index in [9.17, 15) is 18.3 Å². The summed E-state index contributed by atoms with van der Waals surface area (Å²) >= 11 is 0. The molecule has 5 heteroatoms. The van der Waals surface area contributed by atoms with Gasteiger partial charge in [0.25, 0.3) is 0 Å². The lowest BCUT2D eigenvalue weighted by atomic mass is 10.0. The van der Waals surface area contributed by atoms with E-state index >= 15 is 0 Å². The Morgan fingerprint density at radius 3 is 2.21 bits per heavy atom. The average molecular weight is 213 g/mol. The molecular weight excluding hydrogens is 195 g/mol. The smallest absolute Gasteiger partial charge is 0.389 e. The lowest BCUT2D eigenvalue weighted by molar-refractivity contribution is -0.139. The summed E-state index contributed by atoms with van der Waals surface area (Å²) < 4.78 is 35.7. The van der Waals surface area contributed by atoms with Gasteiger partial charge in [0.05, 0.1) is 12.0 Å². The van der Waals surface area contributed by atoms with Crippen molar-refractivity contribution in [3.05, 3.63) is 0 Å². The highest BCUT2D eigenvalue weighted by molar-refractivity contribution is 4.76. The molecule has 0 aromatic carbocycles. The van der Waals surface area contributed by atoms with Crippen molar-refractivity contribution in [3.8, 4) is 0 Å². The van der Waals surface area contributed by atoms with Crippen molar-refractivity contribution < 1.29 is 18.3 Å². The van der Waals surface area contributed by atoms with E-state index in [1.165, 1.54) is 6.92 Å². The van der Waals surface area contributed by atoms with Crippen molar-refractivity contribution in [2.45, 2.75) is 51.4 Å². The minimum atomic E-state index is -4.15. The molecule has 0 heterocycles. The minimum Gasteiger partial charge on any atom is -0.389 e. The highest BCUT2D eigenvalue weighted by atomic mass is 19.4. The van der Waals surface area contributed by atoms with Crippen molar-refractivity contribution in [3.63, 3.8) is 0 Å². The van der Waals surface area contributed by atoms with Crippen LogP contribution in [0.15, 0.2) is 0 Å². The van der Waals surface area contributed by atoms with Gasteiger partial charge in [-0.05, 0) is 20.3 Å². The van der Waals surface area contributed by atoms with Gasteiger partial charge in [-0.3, -0.25) is 0 Å². The van der Waals surface area contributed by atoms with Crippen molar-refractivity contribution in [1.82, 2.24) is 5.32 Å². The van der Waals surface area contributed by atoms with Gasteiger partial charge >= 0.3 is 6.18 Å². The number of aliphatic hydroxyl groups is 1. The molecular formula is C9H18F3NO. The van der Waals surface area contributed by atoms with Crippen LogP contribution >= 0.6 is 0 Å². The van der Waals surface area contributed by atoms with E-state index in [2.05, 4.69) is 5.32 Å². The molecule has 0 aromatic heterocycles. The molecule has 0 aromatic rings. The van der Waals surface area contributed by atoms with Gasteiger partial charge in [-0.25, -0.2) is 0 Å². The summed E-state index contributed by atoms with van der Waals surface area (Å²) in [6, 6.07) is -0.659. The third-order valence-corrected chi connectivity index (χ3v) is 2.13. The fourth-order valence-electron chi connectivity index (χ4n) is 0.938. The van der Waals surface area contributed by atoms with Crippen LogP contribution < -0.4 is 5.32 Å². The predicted octanol–water partition coefficient (Wildman–Crippen LogP) is 2.08. The average Bonchev–Trinajstić information content (AvgIpc) is 1.98. The first-order chi connectivity index (χ1) is 6.16. The summed E-state index contributed by atoms with van der Waals surface area (Å²) in [5.41, 5.74) is -0.931. The standard InChI is InChI=1S/C9H18F3NO/c1-4-8(3,14)6-13-7(2)5-9(10,11)12/h7,13-14H,4-6H2,1-3H3. The van der Waals surface area contributed by atoms with Crippen molar-refractivity contribution in [2.75, 3.05) is 6.54 Å². The first-order valence-corrected chi connectivity index (χ1v) is 4.69. The quantitative estimate of drug-likeness (QED) is 0.732. The first-order valence-electron chi connectivity index (χ1n) is 4.69. The van der Waals surface area contributed by atoms with E-state index in [4.69, 9.17) is 0 Å². The number of rotatable bonds is 5. The van der Waals surface area contributed by atoms with E-state index in [1.807, 2.05) is 0 Å². The van der Waals surface area contributed by atoms with Crippen LogP contribution in [-0.2, 0) is 0 Å². The second kappa shape index (κ2) is 4.98. The molecule has 2 N–H and O–H groups in total. The fourth-order valence-corrected chi connectivity index (χ4v) is 0.938. The molecule has 0 bridgehead atoms. The minimum absolute atomic E-state index is 0.181. The summed E-state index contributed by atoms with van der Waals surface area (Å²) in [7, 11) is 0. The Hall–Kier alpha value is -0.290. The van der Waals surface area contributed by atoms with E-state index < -0.39 is 24.2 Å². The highest BCUT2D eigenvalue weighted by Gasteiger charge is 2.30. The summed E-state index contributed by atoms with van der Waals surface area (Å²) in [4.78, 5) is 0. The maximum Gasteiger partial charge on any atom is 0.390 e. The van der Waals surface area contributed by atoms with E-state index in [0.29, 0.717) is 6.42 Å². The van der Waals surface area contributed by atoms with E-state index in [-0.39, 0.29) is 6.54 Å². The predicted molar refractivity (Wildman–Crippen MR) is 49.1 cm³/mol. The van der Waals surface area contributed by atoms with Gasteiger partial charge in [-0.1, -0.05) is 6.92 Å². The summed E-state index contributed by atoms with van der Waals surface area (Å²) in [5, 5.41) is 12.2. The lowest BCUT2D eigenvalue weighted by Gasteiger charge is -2.25.